The van der Waals surface area contributed by atoms with Gasteiger partial charge >= 0.3 is 0 Å². The molecule has 1 aliphatic rings. The summed E-state index contributed by atoms with van der Waals surface area (Å²) in [5.41, 5.74) is 3.35. The normalized spacial score (nSPS) is 17.9. The molecule has 1 atom stereocenters. The minimum atomic E-state index is -0.148. The second-order valence-corrected chi connectivity index (χ2v) is 5.91. The summed E-state index contributed by atoms with van der Waals surface area (Å²) in [6, 6.07) is 15.3. The van der Waals surface area contributed by atoms with E-state index in [1.165, 1.54) is 0 Å². The fraction of sp³-hybridized carbons (Fsp3) is 0.350. The van der Waals surface area contributed by atoms with E-state index >= 15 is 0 Å². The van der Waals surface area contributed by atoms with Crippen LogP contribution in [0.15, 0.2) is 48.5 Å². The molecule has 0 amide bonds. The van der Waals surface area contributed by atoms with Crippen LogP contribution in [-0.4, -0.2) is 18.7 Å². The van der Waals surface area contributed by atoms with E-state index in [9.17, 15) is 4.79 Å². The summed E-state index contributed by atoms with van der Waals surface area (Å²) in [5.74, 6) is 0.0480. The summed E-state index contributed by atoms with van der Waals surface area (Å²) < 4.78 is 11.4. The van der Waals surface area contributed by atoms with E-state index in [4.69, 9.17) is 9.47 Å². The van der Waals surface area contributed by atoms with Crippen LogP contribution in [0.25, 0.3) is 0 Å². The lowest BCUT2D eigenvalue weighted by atomic mass is 9.96. The maximum atomic E-state index is 12.9. The quantitative estimate of drug-likeness (QED) is 0.774. The lowest BCUT2D eigenvalue weighted by Gasteiger charge is -2.23. The Balaban J connectivity index is 1.77. The van der Waals surface area contributed by atoms with E-state index in [0.717, 1.165) is 42.6 Å². The van der Waals surface area contributed by atoms with Crippen LogP contribution in [0.1, 0.15) is 46.3 Å². The molecule has 0 aromatic heterocycles. The smallest absolute Gasteiger partial charge is 0.193 e. The lowest BCUT2D eigenvalue weighted by Crippen LogP contribution is -2.22. The van der Waals surface area contributed by atoms with Crippen LogP contribution in [-0.2, 0) is 16.1 Å². The topological polar surface area (TPSA) is 35.5 Å². The second-order valence-electron chi connectivity index (χ2n) is 5.91. The van der Waals surface area contributed by atoms with Crippen molar-refractivity contribution in [1.82, 2.24) is 0 Å². The molecule has 3 rings (SSSR count). The number of ether oxygens (including phenoxy) is 2. The van der Waals surface area contributed by atoms with Gasteiger partial charge in [0.2, 0.25) is 0 Å². The van der Waals surface area contributed by atoms with E-state index in [1.54, 1.807) is 0 Å². The molecular formula is C20H22O3. The average molecular weight is 310 g/mol. The summed E-state index contributed by atoms with van der Waals surface area (Å²) in [5, 5.41) is 0. The van der Waals surface area contributed by atoms with Crippen LogP contribution in [0.5, 0.6) is 0 Å². The monoisotopic (exact) mass is 310 g/mol. The van der Waals surface area contributed by atoms with Crippen molar-refractivity contribution in [1.29, 1.82) is 0 Å². The Hall–Kier alpha value is -1.97. The Morgan fingerprint density at radius 3 is 2.57 bits per heavy atom. The molecule has 0 saturated carbocycles. The van der Waals surface area contributed by atoms with Crippen LogP contribution in [0.4, 0.5) is 0 Å². The van der Waals surface area contributed by atoms with Crippen molar-refractivity contribution < 1.29 is 14.3 Å². The van der Waals surface area contributed by atoms with E-state index in [-0.39, 0.29) is 12.1 Å². The third kappa shape index (κ3) is 3.87. The fourth-order valence-corrected chi connectivity index (χ4v) is 2.87. The van der Waals surface area contributed by atoms with Crippen molar-refractivity contribution in [3.8, 4) is 0 Å². The maximum Gasteiger partial charge on any atom is 0.193 e. The molecule has 0 bridgehead atoms. The van der Waals surface area contributed by atoms with Gasteiger partial charge in [0, 0.05) is 17.7 Å². The van der Waals surface area contributed by atoms with Crippen molar-refractivity contribution >= 4 is 5.78 Å². The lowest BCUT2D eigenvalue weighted by molar-refractivity contribution is -0.168. The first-order chi connectivity index (χ1) is 11.3. The molecule has 2 aromatic rings. The van der Waals surface area contributed by atoms with Crippen molar-refractivity contribution in [2.45, 2.75) is 39.1 Å². The van der Waals surface area contributed by atoms with Gasteiger partial charge < -0.3 is 9.47 Å². The molecule has 0 aliphatic carbocycles. The zero-order valence-corrected chi connectivity index (χ0v) is 13.5. The maximum absolute atomic E-state index is 12.9. The van der Waals surface area contributed by atoms with Gasteiger partial charge in [-0.05, 0) is 37.3 Å². The molecule has 120 valence electrons. The first-order valence-corrected chi connectivity index (χ1v) is 8.17. The van der Waals surface area contributed by atoms with Gasteiger partial charge in [-0.25, -0.2) is 0 Å². The molecular weight excluding hydrogens is 288 g/mol. The number of rotatable bonds is 5. The van der Waals surface area contributed by atoms with Crippen molar-refractivity contribution in [3.63, 3.8) is 0 Å². The summed E-state index contributed by atoms with van der Waals surface area (Å²) >= 11 is 0. The van der Waals surface area contributed by atoms with E-state index in [0.29, 0.717) is 12.2 Å². The Labute approximate surface area is 137 Å². The molecule has 23 heavy (non-hydrogen) atoms. The van der Waals surface area contributed by atoms with Gasteiger partial charge in [0.15, 0.2) is 12.1 Å². The molecule has 0 radical (unpaired) electrons. The third-order valence-electron chi connectivity index (χ3n) is 4.21. The Morgan fingerprint density at radius 2 is 1.83 bits per heavy atom. The molecule has 2 aromatic carbocycles. The highest BCUT2D eigenvalue weighted by molar-refractivity contribution is 6.10. The van der Waals surface area contributed by atoms with Crippen molar-refractivity contribution in [2.24, 2.45) is 0 Å². The number of carbonyl (C=O) groups excluding carboxylic acids is 1. The summed E-state index contributed by atoms with van der Waals surface area (Å²) in [7, 11) is 0. The molecule has 0 spiro atoms. The number of carbonyl (C=O) groups is 1. The van der Waals surface area contributed by atoms with E-state index in [2.05, 4.69) is 0 Å². The molecule has 1 unspecified atom stereocenters. The molecule has 3 heteroatoms. The summed E-state index contributed by atoms with van der Waals surface area (Å²) in [4.78, 5) is 12.9. The average Bonchev–Trinajstić information content (AvgIpc) is 2.61. The Morgan fingerprint density at radius 1 is 1.09 bits per heavy atom. The number of hydrogen-bond donors (Lipinski definition) is 0. The summed E-state index contributed by atoms with van der Waals surface area (Å²) in [6.45, 7) is 3.12. The molecule has 0 N–H and O–H groups in total. The van der Waals surface area contributed by atoms with Crippen molar-refractivity contribution in [2.75, 3.05) is 6.61 Å². The molecule has 1 fully saturated rings. The predicted octanol–water partition coefficient (Wildman–Crippen LogP) is 4.27. The van der Waals surface area contributed by atoms with Gasteiger partial charge in [-0.15, -0.1) is 0 Å². The van der Waals surface area contributed by atoms with Crippen LogP contribution < -0.4 is 0 Å². The predicted molar refractivity (Wildman–Crippen MR) is 89.4 cm³/mol. The number of benzene rings is 2. The van der Waals surface area contributed by atoms with Crippen LogP contribution >= 0.6 is 0 Å². The van der Waals surface area contributed by atoms with Crippen LogP contribution in [0.2, 0.25) is 0 Å². The van der Waals surface area contributed by atoms with Gasteiger partial charge in [-0.2, -0.15) is 0 Å². The minimum Gasteiger partial charge on any atom is -0.353 e. The van der Waals surface area contributed by atoms with Gasteiger partial charge in [-0.3, -0.25) is 4.79 Å². The Kier molecular flexibility index (Phi) is 5.21. The molecule has 3 nitrogen and oxygen atoms in total. The largest absolute Gasteiger partial charge is 0.353 e. The molecule has 1 saturated heterocycles. The SMILES string of the molecule is Cc1ccccc1C(=O)c1ccccc1COC1CCCCO1. The van der Waals surface area contributed by atoms with Gasteiger partial charge in [0.1, 0.15) is 0 Å². The zero-order valence-electron chi connectivity index (χ0n) is 13.5. The third-order valence-corrected chi connectivity index (χ3v) is 4.21. The van der Waals surface area contributed by atoms with E-state index < -0.39 is 0 Å². The zero-order chi connectivity index (χ0) is 16.1. The minimum absolute atomic E-state index is 0.0480. The van der Waals surface area contributed by atoms with Gasteiger partial charge in [-0.1, -0.05) is 48.5 Å². The fourth-order valence-electron chi connectivity index (χ4n) is 2.87. The van der Waals surface area contributed by atoms with Gasteiger partial charge in [0.25, 0.3) is 0 Å². The second kappa shape index (κ2) is 7.53. The first-order valence-electron chi connectivity index (χ1n) is 8.17. The van der Waals surface area contributed by atoms with Crippen LogP contribution in [0, 0.1) is 6.92 Å². The highest BCUT2D eigenvalue weighted by Gasteiger charge is 2.18. The van der Waals surface area contributed by atoms with Crippen molar-refractivity contribution in [3.05, 3.63) is 70.8 Å². The van der Waals surface area contributed by atoms with Gasteiger partial charge in [0.05, 0.1) is 6.61 Å². The van der Waals surface area contributed by atoms with E-state index in [1.807, 2.05) is 55.5 Å². The number of ketones is 1. The Bertz CT molecular complexity index is 672. The standard InChI is InChI=1S/C20H22O3/c1-15-8-2-4-10-17(15)20(21)18-11-5-3-9-16(18)14-23-19-12-6-7-13-22-19/h2-5,8-11,19H,6-7,12-14H2,1H3. The first kappa shape index (κ1) is 15.9. The molecule has 1 aliphatic heterocycles. The molecule has 1 heterocycles. The highest BCUT2D eigenvalue weighted by Crippen LogP contribution is 2.20. The summed E-state index contributed by atoms with van der Waals surface area (Å²) in [6.07, 6.45) is 3.01. The number of hydrogen-bond acceptors (Lipinski definition) is 3. The van der Waals surface area contributed by atoms with Crippen LogP contribution in [0.3, 0.4) is 0 Å². The highest BCUT2D eigenvalue weighted by atomic mass is 16.7. The number of aryl methyl sites for hydroxylation is 1.